The second-order valence-electron chi connectivity index (χ2n) is 5.68. The average Bonchev–Trinajstić information content (AvgIpc) is 2.56. The van der Waals surface area contributed by atoms with E-state index in [1.165, 1.54) is 0 Å². The molecule has 2 aliphatic heterocycles. The number of halogens is 1. The minimum absolute atomic E-state index is 0.746. The van der Waals surface area contributed by atoms with Crippen LogP contribution in [0.4, 0.5) is 4.39 Å². The summed E-state index contributed by atoms with van der Waals surface area (Å²) in [7, 11) is 0. The fourth-order valence-corrected chi connectivity index (χ4v) is 2.51. The van der Waals surface area contributed by atoms with Crippen molar-refractivity contribution in [2.75, 3.05) is 13.2 Å². The van der Waals surface area contributed by atoms with E-state index in [4.69, 9.17) is 24.4 Å². The van der Waals surface area contributed by atoms with Crippen molar-refractivity contribution in [1.29, 1.82) is 0 Å². The van der Waals surface area contributed by atoms with Gasteiger partial charge in [-0.25, -0.2) is 4.39 Å². The van der Waals surface area contributed by atoms with Crippen molar-refractivity contribution in [2.24, 2.45) is 0 Å². The molecule has 142 valence electrons. The molecular formula is C12H21FO11. The summed E-state index contributed by atoms with van der Waals surface area (Å²) in [6.07, 6.45) is -16.8. The summed E-state index contributed by atoms with van der Waals surface area (Å²) in [6.45, 7) is -1.67. The van der Waals surface area contributed by atoms with Crippen molar-refractivity contribution in [3.63, 3.8) is 0 Å². The van der Waals surface area contributed by atoms with Gasteiger partial charge in [-0.15, -0.1) is 0 Å². The van der Waals surface area contributed by atoms with Crippen LogP contribution in [-0.4, -0.2) is 115 Å². The van der Waals surface area contributed by atoms with Gasteiger partial charge in [0.05, 0.1) is 13.2 Å². The summed E-state index contributed by atoms with van der Waals surface area (Å²) in [6, 6.07) is 0. The quantitative estimate of drug-likeness (QED) is 0.239. The molecule has 0 aromatic heterocycles. The summed E-state index contributed by atoms with van der Waals surface area (Å²) in [5.41, 5.74) is 0. The number of aliphatic hydroxyl groups is 8. The minimum atomic E-state index is -3.59. The largest absolute Gasteiger partial charge is 0.394 e. The van der Waals surface area contributed by atoms with Crippen LogP contribution in [0, 0.1) is 0 Å². The molecule has 11 nitrogen and oxygen atoms in total. The van der Waals surface area contributed by atoms with Crippen LogP contribution in [0.5, 0.6) is 0 Å². The highest BCUT2D eigenvalue weighted by atomic mass is 19.2. The fraction of sp³-hybridized carbons (Fsp3) is 1.00. The van der Waals surface area contributed by atoms with E-state index in [1.54, 1.807) is 0 Å². The van der Waals surface area contributed by atoms with E-state index in [1.807, 2.05) is 0 Å². The van der Waals surface area contributed by atoms with Crippen LogP contribution < -0.4 is 0 Å². The Kier molecular flexibility index (Phi) is 6.10. The van der Waals surface area contributed by atoms with E-state index < -0.39 is 74.4 Å². The van der Waals surface area contributed by atoms with E-state index in [0.29, 0.717) is 0 Å². The van der Waals surface area contributed by atoms with Crippen LogP contribution in [0.25, 0.3) is 0 Å². The number of hydrogen-bond acceptors (Lipinski definition) is 11. The fourth-order valence-electron chi connectivity index (χ4n) is 2.51. The van der Waals surface area contributed by atoms with E-state index in [2.05, 4.69) is 0 Å². The molecule has 0 aromatic carbocycles. The molecule has 0 unspecified atom stereocenters. The van der Waals surface area contributed by atoms with Crippen LogP contribution in [0.2, 0.25) is 0 Å². The smallest absolute Gasteiger partial charge is 0.266 e. The van der Waals surface area contributed by atoms with Crippen molar-refractivity contribution < 1.29 is 59.5 Å². The molecule has 24 heavy (non-hydrogen) atoms. The Labute approximate surface area is 135 Å². The molecule has 0 saturated carbocycles. The molecule has 0 aromatic rings. The Morgan fingerprint density at radius 3 is 1.88 bits per heavy atom. The second kappa shape index (κ2) is 7.39. The average molecular weight is 360 g/mol. The van der Waals surface area contributed by atoms with Gasteiger partial charge in [0.15, 0.2) is 18.7 Å². The van der Waals surface area contributed by atoms with Gasteiger partial charge in [-0.3, -0.25) is 0 Å². The zero-order valence-corrected chi connectivity index (χ0v) is 12.3. The topological polar surface area (TPSA) is 190 Å². The van der Waals surface area contributed by atoms with Gasteiger partial charge in [-0.2, -0.15) is 0 Å². The zero-order valence-electron chi connectivity index (χ0n) is 12.3. The van der Waals surface area contributed by atoms with E-state index in [9.17, 15) is 35.0 Å². The van der Waals surface area contributed by atoms with Crippen LogP contribution in [0.3, 0.4) is 0 Å². The first-order chi connectivity index (χ1) is 11.1. The summed E-state index contributed by atoms with van der Waals surface area (Å²) in [5, 5.41) is 75.9. The Morgan fingerprint density at radius 2 is 1.33 bits per heavy atom. The molecule has 0 bridgehead atoms. The minimum Gasteiger partial charge on any atom is -0.394 e. The Balaban J connectivity index is 2.13. The molecule has 0 spiro atoms. The molecule has 2 heterocycles. The first-order valence-electron chi connectivity index (χ1n) is 7.14. The van der Waals surface area contributed by atoms with Crippen LogP contribution in [0.1, 0.15) is 0 Å². The predicted octanol–water partition coefficient (Wildman–Crippen LogP) is -5.10. The summed E-state index contributed by atoms with van der Waals surface area (Å²) in [5.74, 6) is -3.59. The highest BCUT2D eigenvalue weighted by molar-refractivity contribution is 4.96. The van der Waals surface area contributed by atoms with E-state index in [-0.39, 0.29) is 0 Å². The van der Waals surface area contributed by atoms with Gasteiger partial charge in [0.1, 0.15) is 36.6 Å². The van der Waals surface area contributed by atoms with Gasteiger partial charge < -0.3 is 55.1 Å². The molecule has 2 fully saturated rings. The third-order valence-electron chi connectivity index (χ3n) is 4.05. The Morgan fingerprint density at radius 1 is 0.792 bits per heavy atom. The number of rotatable bonds is 4. The van der Waals surface area contributed by atoms with Crippen molar-refractivity contribution in [3.05, 3.63) is 0 Å². The predicted molar refractivity (Wildman–Crippen MR) is 68.7 cm³/mol. The van der Waals surface area contributed by atoms with Crippen LogP contribution >= 0.6 is 0 Å². The maximum Gasteiger partial charge on any atom is 0.266 e. The lowest BCUT2D eigenvalue weighted by Gasteiger charge is -2.46. The van der Waals surface area contributed by atoms with Gasteiger partial charge in [-0.05, 0) is 0 Å². The maximum atomic E-state index is 14.0. The normalized spacial score (nSPS) is 53.1. The van der Waals surface area contributed by atoms with E-state index in [0.717, 1.165) is 0 Å². The molecule has 12 heteroatoms. The lowest BCUT2D eigenvalue weighted by Crippen LogP contribution is -2.67. The second-order valence-corrected chi connectivity index (χ2v) is 5.68. The molecular weight excluding hydrogens is 339 g/mol. The van der Waals surface area contributed by atoms with Crippen molar-refractivity contribution >= 4 is 0 Å². The SMILES string of the molecule is OC[C@H]1O[C@H](O[C@H]2O[C@H](CO)[C@@H](O)[C@@](O)(F)[C@H]2O)[C@H](O)[C@@H](O)[C@@H]1O. The molecule has 8 N–H and O–H groups in total. The number of ether oxygens (including phenoxy) is 3. The van der Waals surface area contributed by atoms with Gasteiger partial charge in [-0.1, -0.05) is 0 Å². The standard InChI is InChI=1S/C12H21FO11/c13-12(21)8(19)4(2-15)23-11(9(12)20)24-10-7(18)6(17)5(16)3(1-14)22-10/h3-11,14-21H,1-2H2/t3-,4-,5-,6+,7-,8-,9+,10-,11-,12+/m1/s1. The molecule has 2 saturated heterocycles. The zero-order chi connectivity index (χ0) is 18.2. The highest BCUT2D eigenvalue weighted by Crippen LogP contribution is 2.33. The number of aliphatic hydroxyl groups excluding tert-OH is 7. The van der Waals surface area contributed by atoms with Gasteiger partial charge in [0.2, 0.25) is 0 Å². The van der Waals surface area contributed by atoms with Crippen LogP contribution in [-0.2, 0) is 14.2 Å². The van der Waals surface area contributed by atoms with Crippen LogP contribution in [0.15, 0.2) is 0 Å². The molecule has 2 rings (SSSR count). The summed E-state index contributed by atoms with van der Waals surface area (Å²) < 4.78 is 28.9. The van der Waals surface area contributed by atoms with Crippen molar-refractivity contribution in [3.8, 4) is 0 Å². The van der Waals surface area contributed by atoms with Gasteiger partial charge in [0, 0.05) is 0 Å². The molecule has 0 aliphatic carbocycles. The highest BCUT2D eigenvalue weighted by Gasteiger charge is 2.58. The summed E-state index contributed by atoms with van der Waals surface area (Å²) in [4.78, 5) is 0. The monoisotopic (exact) mass is 360 g/mol. The third-order valence-corrected chi connectivity index (χ3v) is 4.05. The number of alkyl halides is 1. The Hall–Kier alpha value is -0.510. The molecule has 10 atom stereocenters. The lowest BCUT2D eigenvalue weighted by molar-refractivity contribution is -0.406. The first kappa shape index (κ1) is 19.8. The van der Waals surface area contributed by atoms with Gasteiger partial charge >= 0.3 is 0 Å². The third kappa shape index (κ3) is 3.40. The van der Waals surface area contributed by atoms with Crippen molar-refractivity contribution in [2.45, 2.75) is 61.2 Å². The Bertz CT molecular complexity index is 422. The van der Waals surface area contributed by atoms with Crippen molar-refractivity contribution in [1.82, 2.24) is 0 Å². The van der Waals surface area contributed by atoms with Gasteiger partial charge in [0.25, 0.3) is 5.85 Å². The maximum absolute atomic E-state index is 14.0. The molecule has 2 aliphatic rings. The molecule has 0 radical (unpaired) electrons. The number of hydrogen-bond donors (Lipinski definition) is 8. The molecule has 0 amide bonds. The van der Waals surface area contributed by atoms with E-state index >= 15 is 0 Å². The lowest BCUT2D eigenvalue weighted by atomic mass is 9.96. The first-order valence-corrected chi connectivity index (χ1v) is 7.14. The summed E-state index contributed by atoms with van der Waals surface area (Å²) >= 11 is 0.